The summed E-state index contributed by atoms with van der Waals surface area (Å²) in [5.41, 5.74) is 11.9. The Balaban J connectivity index is 1.64. The fraction of sp³-hybridized carbons (Fsp3) is 0.190. The molecule has 7 nitrogen and oxygen atoms in total. The van der Waals surface area contributed by atoms with Gasteiger partial charge in [-0.1, -0.05) is 41.9 Å². The molecule has 0 saturated carbocycles. The Morgan fingerprint density at radius 2 is 1.86 bits per heavy atom. The van der Waals surface area contributed by atoms with Crippen LogP contribution in [0, 0.1) is 13.8 Å². The highest BCUT2D eigenvalue weighted by Crippen LogP contribution is 2.35. The SMILES string of the molecule is Cc1nn(Cc2ccccc2Cl)c(C)c1[C@@H]1N=C(N)Nc2nc3ccccc3n21. The van der Waals surface area contributed by atoms with Crippen LogP contribution in [-0.4, -0.2) is 25.3 Å². The fourth-order valence-corrected chi connectivity index (χ4v) is 4.13. The molecule has 5 rings (SSSR count). The Hall–Kier alpha value is -3.32. The molecule has 146 valence electrons. The molecule has 0 aliphatic carbocycles. The van der Waals surface area contributed by atoms with E-state index in [9.17, 15) is 0 Å². The van der Waals surface area contributed by atoms with Crippen LogP contribution in [0.1, 0.15) is 28.7 Å². The van der Waals surface area contributed by atoms with Gasteiger partial charge in [0.2, 0.25) is 5.95 Å². The van der Waals surface area contributed by atoms with Crippen molar-refractivity contribution in [3.63, 3.8) is 0 Å². The second-order valence-corrected chi connectivity index (χ2v) is 7.55. The van der Waals surface area contributed by atoms with Crippen LogP contribution in [0.5, 0.6) is 0 Å². The number of rotatable bonds is 3. The molecule has 0 amide bonds. The van der Waals surface area contributed by atoms with Crippen LogP contribution < -0.4 is 11.1 Å². The van der Waals surface area contributed by atoms with Crippen LogP contribution in [-0.2, 0) is 6.54 Å². The van der Waals surface area contributed by atoms with Crippen molar-refractivity contribution in [1.82, 2.24) is 19.3 Å². The normalized spacial score (nSPS) is 15.8. The number of nitrogens with zero attached hydrogens (tertiary/aromatic N) is 5. The molecule has 1 aliphatic heterocycles. The first-order valence-electron chi connectivity index (χ1n) is 9.37. The van der Waals surface area contributed by atoms with E-state index in [0.29, 0.717) is 18.5 Å². The van der Waals surface area contributed by atoms with E-state index in [2.05, 4.69) is 21.8 Å². The first-order chi connectivity index (χ1) is 14.0. The summed E-state index contributed by atoms with van der Waals surface area (Å²) in [6.45, 7) is 4.64. The minimum absolute atomic E-state index is 0.335. The Kier molecular flexibility index (Phi) is 4.06. The van der Waals surface area contributed by atoms with E-state index in [1.165, 1.54) is 0 Å². The van der Waals surface area contributed by atoms with E-state index in [0.717, 1.165) is 38.6 Å². The lowest BCUT2D eigenvalue weighted by atomic mass is 10.1. The van der Waals surface area contributed by atoms with Gasteiger partial charge >= 0.3 is 0 Å². The zero-order valence-electron chi connectivity index (χ0n) is 16.1. The molecule has 3 heterocycles. The average Bonchev–Trinajstić information content (AvgIpc) is 3.19. The van der Waals surface area contributed by atoms with Gasteiger partial charge in [0.1, 0.15) is 0 Å². The van der Waals surface area contributed by atoms with E-state index in [-0.39, 0.29) is 6.17 Å². The van der Waals surface area contributed by atoms with Gasteiger partial charge in [0.05, 0.1) is 23.3 Å². The summed E-state index contributed by atoms with van der Waals surface area (Å²) >= 11 is 6.36. The van der Waals surface area contributed by atoms with Gasteiger partial charge in [0.15, 0.2) is 12.1 Å². The van der Waals surface area contributed by atoms with Crippen molar-refractivity contribution in [3.05, 3.63) is 76.1 Å². The molecule has 29 heavy (non-hydrogen) atoms. The molecule has 2 aromatic heterocycles. The summed E-state index contributed by atoms with van der Waals surface area (Å²) in [4.78, 5) is 9.37. The lowest BCUT2D eigenvalue weighted by molar-refractivity contribution is 0.613. The predicted molar refractivity (Wildman–Crippen MR) is 115 cm³/mol. The summed E-state index contributed by atoms with van der Waals surface area (Å²) in [5, 5.41) is 8.59. The van der Waals surface area contributed by atoms with Crippen molar-refractivity contribution >= 4 is 34.5 Å². The molecule has 1 aliphatic rings. The zero-order chi connectivity index (χ0) is 20.1. The number of anilines is 1. The van der Waals surface area contributed by atoms with E-state index < -0.39 is 0 Å². The van der Waals surface area contributed by atoms with Gasteiger partial charge in [-0.2, -0.15) is 5.10 Å². The summed E-state index contributed by atoms with van der Waals surface area (Å²) in [7, 11) is 0. The van der Waals surface area contributed by atoms with Gasteiger partial charge in [-0.3, -0.25) is 14.6 Å². The predicted octanol–water partition coefficient (Wildman–Crippen LogP) is 3.84. The molecule has 0 spiro atoms. The van der Waals surface area contributed by atoms with Crippen molar-refractivity contribution in [3.8, 4) is 0 Å². The first kappa shape index (κ1) is 17.8. The minimum atomic E-state index is -0.335. The maximum Gasteiger partial charge on any atom is 0.212 e. The van der Waals surface area contributed by atoms with Gasteiger partial charge in [-0.25, -0.2) is 9.98 Å². The molecular formula is C21H20ClN7. The Morgan fingerprint density at radius 3 is 2.69 bits per heavy atom. The maximum atomic E-state index is 6.36. The zero-order valence-corrected chi connectivity index (χ0v) is 16.9. The van der Waals surface area contributed by atoms with Gasteiger partial charge in [0, 0.05) is 16.3 Å². The highest BCUT2D eigenvalue weighted by atomic mass is 35.5. The number of nitrogens with two attached hydrogens (primary N) is 1. The number of benzene rings is 2. The van der Waals surface area contributed by atoms with Crippen LogP contribution in [0.3, 0.4) is 0 Å². The van der Waals surface area contributed by atoms with Gasteiger partial charge in [-0.05, 0) is 37.6 Å². The maximum absolute atomic E-state index is 6.36. The average molecular weight is 406 g/mol. The summed E-state index contributed by atoms with van der Waals surface area (Å²) in [6, 6.07) is 15.8. The van der Waals surface area contributed by atoms with Crippen LogP contribution in [0.25, 0.3) is 11.0 Å². The van der Waals surface area contributed by atoms with Crippen molar-refractivity contribution in [1.29, 1.82) is 0 Å². The highest BCUT2D eigenvalue weighted by Gasteiger charge is 2.29. The van der Waals surface area contributed by atoms with Crippen LogP contribution in [0.4, 0.5) is 5.95 Å². The van der Waals surface area contributed by atoms with Crippen LogP contribution in [0.15, 0.2) is 53.5 Å². The molecule has 3 N–H and O–H groups in total. The van der Waals surface area contributed by atoms with Crippen LogP contribution >= 0.6 is 11.6 Å². The van der Waals surface area contributed by atoms with Crippen LogP contribution in [0.2, 0.25) is 5.02 Å². The standard InChI is InChI=1S/C21H20ClN7/c1-12-18(13(2)28(27-12)11-14-7-3-4-8-15(14)22)19-25-20(23)26-21-24-16-9-5-6-10-17(16)29(19)21/h3-10,19H,11H2,1-2H3,(H3,23,24,25,26)/t19-/m1/s1. The smallest absolute Gasteiger partial charge is 0.212 e. The van der Waals surface area contributed by atoms with Gasteiger partial charge in [-0.15, -0.1) is 0 Å². The number of para-hydroxylation sites is 2. The number of hydrogen-bond donors (Lipinski definition) is 2. The second kappa shape index (κ2) is 6.63. The van der Waals surface area contributed by atoms with E-state index in [4.69, 9.17) is 27.4 Å². The highest BCUT2D eigenvalue weighted by molar-refractivity contribution is 6.31. The molecule has 1 atom stereocenters. The third kappa shape index (κ3) is 2.86. The Morgan fingerprint density at radius 1 is 1.10 bits per heavy atom. The monoisotopic (exact) mass is 405 g/mol. The van der Waals surface area contributed by atoms with Gasteiger partial charge < -0.3 is 5.73 Å². The summed E-state index contributed by atoms with van der Waals surface area (Å²) < 4.78 is 4.04. The number of aromatic nitrogens is 4. The number of nitrogens with one attached hydrogen (secondary N) is 1. The fourth-order valence-electron chi connectivity index (χ4n) is 3.94. The Labute approximate surface area is 172 Å². The lowest BCUT2D eigenvalue weighted by Crippen LogP contribution is -2.31. The van der Waals surface area contributed by atoms with Crippen molar-refractivity contribution < 1.29 is 0 Å². The topological polar surface area (TPSA) is 86.1 Å². The molecule has 2 aromatic carbocycles. The minimum Gasteiger partial charge on any atom is -0.370 e. The lowest BCUT2D eigenvalue weighted by Gasteiger charge is -2.24. The summed E-state index contributed by atoms with van der Waals surface area (Å²) in [5.74, 6) is 1.02. The first-order valence-corrected chi connectivity index (χ1v) is 9.75. The molecule has 4 aromatic rings. The number of fused-ring (bicyclic) bond motifs is 3. The number of aliphatic imine (C=N–C) groups is 1. The molecular weight excluding hydrogens is 386 g/mol. The van der Waals surface area contributed by atoms with E-state index >= 15 is 0 Å². The third-order valence-electron chi connectivity index (χ3n) is 5.32. The molecule has 0 unspecified atom stereocenters. The Bertz CT molecular complexity index is 1270. The molecule has 8 heteroatoms. The van der Waals surface area contributed by atoms with Crippen molar-refractivity contribution in [2.24, 2.45) is 10.7 Å². The number of aryl methyl sites for hydroxylation is 1. The van der Waals surface area contributed by atoms with Crippen molar-refractivity contribution in [2.45, 2.75) is 26.6 Å². The number of imidazole rings is 1. The number of halogens is 1. The quantitative estimate of drug-likeness (QED) is 0.542. The number of guanidine groups is 1. The van der Waals surface area contributed by atoms with E-state index in [1.807, 2.05) is 60.1 Å². The third-order valence-corrected chi connectivity index (χ3v) is 5.68. The molecule has 0 radical (unpaired) electrons. The second-order valence-electron chi connectivity index (χ2n) is 7.14. The molecule has 0 bridgehead atoms. The molecule has 0 fully saturated rings. The summed E-state index contributed by atoms with van der Waals surface area (Å²) in [6.07, 6.45) is -0.335. The number of hydrogen-bond acceptors (Lipinski definition) is 5. The van der Waals surface area contributed by atoms with Gasteiger partial charge in [0.25, 0.3) is 0 Å². The molecule has 0 saturated heterocycles. The largest absolute Gasteiger partial charge is 0.370 e. The van der Waals surface area contributed by atoms with E-state index in [1.54, 1.807) is 0 Å². The van der Waals surface area contributed by atoms with Crippen molar-refractivity contribution in [2.75, 3.05) is 5.32 Å².